The SMILES string of the molecule is Cn1cc(C2NCC(=O)NC2=O)nn1. The molecule has 1 atom stereocenters. The van der Waals surface area contributed by atoms with Gasteiger partial charge in [0, 0.05) is 7.05 Å². The van der Waals surface area contributed by atoms with E-state index in [4.69, 9.17) is 0 Å². The number of nitrogens with zero attached hydrogens (tertiary/aromatic N) is 3. The predicted molar refractivity (Wildman–Crippen MR) is 44.9 cm³/mol. The third-order valence-electron chi connectivity index (χ3n) is 1.91. The topological polar surface area (TPSA) is 88.9 Å². The number of aryl methyl sites for hydroxylation is 1. The molecule has 1 aliphatic rings. The summed E-state index contributed by atoms with van der Waals surface area (Å²) in [7, 11) is 1.71. The number of carbonyl (C=O) groups excluding carboxylic acids is 2. The van der Waals surface area contributed by atoms with E-state index in [0.29, 0.717) is 5.69 Å². The number of aromatic nitrogens is 3. The van der Waals surface area contributed by atoms with Crippen LogP contribution >= 0.6 is 0 Å². The highest BCUT2D eigenvalue weighted by atomic mass is 16.2. The van der Waals surface area contributed by atoms with Gasteiger partial charge in [-0.1, -0.05) is 5.21 Å². The maximum atomic E-state index is 11.3. The van der Waals surface area contributed by atoms with Gasteiger partial charge < -0.3 is 0 Å². The van der Waals surface area contributed by atoms with Crippen LogP contribution in [0, 0.1) is 0 Å². The highest BCUT2D eigenvalue weighted by Crippen LogP contribution is 2.10. The first-order chi connectivity index (χ1) is 6.66. The number of nitrogens with one attached hydrogen (secondary N) is 2. The molecule has 2 amide bonds. The van der Waals surface area contributed by atoms with E-state index < -0.39 is 6.04 Å². The van der Waals surface area contributed by atoms with Crippen LogP contribution in [0.5, 0.6) is 0 Å². The molecule has 2 N–H and O–H groups in total. The lowest BCUT2D eigenvalue weighted by Gasteiger charge is -2.19. The molecule has 1 aromatic rings. The Morgan fingerprint density at radius 1 is 1.57 bits per heavy atom. The average Bonchev–Trinajstić information content (AvgIpc) is 2.51. The minimum atomic E-state index is -0.582. The molecular formula is C7H9N5O2. The number of piperazine rings is 1. The Hall–Kier alpha value is -1.76. The van der Waals surface area contributed by atoms with Gasteiger partial charge in [0.05, 0.1) is 12.7 Å². The van der Waals surface area contributed by atoms with Crippen molar-refractivity contribution in [2.75, 3.05) is 6.54 Å². The van der Waals surface area contributed by atoms with Gasteiger partial charge in [-0.15, -0.1) is 5.10 Å². The van der Waals surface area contributed by atoms with E-state index >= 15 is 0 Å². The first kappa shape index (κ1) is 8.82. The molecule has 2 rings (SSSR count). The van der Waals surface area contributed by atoms with E-state index in [1.165, 1.54) is 4.68 Å². The van der Waals surface area contributed by atoms with Gasteiger partial charge in [0.2, 0.25) is 11.8 Å². The van der Waals surface area contributed by atoms with Crippen molar-refractivity contribution in [1.29, 1.82) is 0 Å². The van der Waals surface area contributed by atoms with Gasteiger partial charge in [-0.3, -0.25) is 24.9 Å². The second-order valence-electron chi connectivity index (χ2n) is 3.04. The Labute approximate surface area is 79.5 Å². The van der Waals surface area contributed by atoms with Crippen molar-refractivity contribution in [3.63, 3.8) is 0 Å². The smallest absolute Gasteiger partial charge is 0.250 e. The van der Waals surface area contributed by atoms with Gasteiger partial charge in [0.25, 0.3) is 0 Å². The number of carbonyl (C=O) groups is 2. The zero-order chi connectivity index (χ0) is 10.1. The van der Waals surface area contributed by atoms with Crippen LogP contribution in [0.4, 0.5) is 0 Å². The molecule has 0 aliphatic carbocycles. The summed E-state index contributed by atoms with van der Waals surface area (Å²) >= 11 is 0. The van der Waals surface area contributed by atoms with Crippen LogP contribution in [0.3, 0.4) is 0 Å². The number of hydrogen-bond acceptors (Lipinski definition) is 5. The normalized spacial score (nSPS) is 22.2. The van der Waals surface area contributed by atoms with Crippen molar-refractivity contribution in [2.24, 2.45) is 7.05 Å². The van der Waals surface area contributed by atoms with Gasteiger partial charge in [-0.25, -0.2) is 0 Å². The second-order valence-corrected chi connectivity index (χ2v) is 3.04. The summed E-state index contributed by atoms with van der Waals surface area (Å²) in [4.78, 5) is 22.2. The van der Waals surface area contributed by atoms with Gasteiger partial charge in [-0.05, 0) is 0 Å². The quantitative estimate of drug-likeness (QED) is 0.511. The van der Waals surface area contributed by atoms with Crippen molar-refractivity contribution >= 4 is 11.8 Å². The standard InChI is InChI=1S/C7H9N5O2/c1-12-3-4(10-11-12)6-7(14)9-5(13)2-8-6/h3,6,8H,2H2,1H3,(H,9,13,14). The predicted octanol–water partition coefficient (Wildman–Crippen LogP) is -1.90. The van der Waals surface area contributed by atoms with Crippen LogP contribution in [0.1, 0.15) is 11.7 Å². The molecule has 1 unspecified atom stereocenters. The highest BCUT2D eigenvalue weighted by molar-refractivity contribution is 6.01. The molecule has 2 heterocycles. The summed E-state index contributed by atoms with van der Waals surface area (Å²) < 4.78 is 1.50. The van der Waals surface area contributed by atoms with Gasteiger partial charge in [-0.2, -0.15) is 0 Å². The largest absolute Gasteiger partial charge is 0.294 e. The number of imide groups is 1. The molecule has 7 heteroatoms. The molecule has 1 aromatic heterocycles. The molecule has 0 aromatic carbocycles. The van der Waals surface area contributed by atoms with E-state index in [1.807, 2.05) is 0 Å². The number of rotatable bonds is 1. The van der Waals surface area contributed by atoms with Gasteiger partial charge >= 0.3 is 0 Å². The first-order valence-electron chi connectivity index (χ1n) is 4.10. The zero-order valence-electron chi connectivity index (χ0n) is 7.52. The molecule has 1 saturated heterocycles. The van der Waals surface area contributed by atoms with Crippen molar-refractivity contribution in [1.82, 2.24) is 25.6 Å². The molecule has 7 nitrogen and oxygen atoms in total. The summed E-state index contributed by atoms with van der Waals surface area (Å²) in [5.41, 5.74) is 0.512. The fourth-order valence-electron chi connectivity index (χ4n) is 1.28. The summed E-state index contributed by atoms with van der Waals surface area (Å²) in [6, 6.07) is -0.582. The van der Waals surface area contributed by atoms with Crippen LogP contribution < -0.4 is 10.6 Å². The van der Waals surface area contributed by atoms with E-state index in [9.17, 15) is 9.59 Å². The summed E-state index contributed by atoms with van der Waals surface area (Å²) in [6.07, 6.45) is 1.63. The average molecular weight is 195 g/mol. The lowest BCUT2D eigenvalue weighted by atomic mass is 10.1. The molecule has 14 heavy (non-hydrogen) atoms. The molecule has 0 spiro atoms. The lowest BCUT2D eigenvalue weighted by molar-refractivity contribution is -0.134. The van der Waals surface area contributed by atoms with Crippen molar-refractivity contribution < 1.29 is 9.59 Å². The Kier molecular flexibility index (Phi) is 2.01. The Balaban J connectivity index is 2.19. The van der Waals surface area contributed by atoms with Crippen LogP contribution in [-0.2, 0) is 16.6 Å². The fraction of sp³-hybridized carbons (Fsp3) is 0.429. The van der Waals surface area contributed by atoms with E-state index in [-0.39, 0.29) is 18.4 Å². The molecular weight excluding hydrogens is 186 g/mol. The maximum absolute atomic E-state index is 11.3. The minimum Gasteiger partial charge on any atom is -0.294 e. The van der Waals surface area contributed by atoms with Gasteiger partial charge in [0.1, 0.15) is 11.7 Å². The molecule has 0 bridgehead atoms. The Morgan fingerprint density at radius 3 is 2.93 bits per heavy atom. The summed E-state index contributed by atoms with van der Waals surface area (Å²) in [6.45, 7) is 0.118. The van der Waals surface area contributed by atoms with Crippen LogP contribution in [0.15, 0.2) is 6.20 Å². The number of amides is 2. The van der Waals surface area contributed by atoms with Crippen molar-refractivity contribution in [2.45, 2.75) is 6.04 Å². The van der Waals surface area contributed by atoms with Crippen LogP contribution in [0.25, 0.3) is 0 Å². The third kappa shape index (κ3) is 1.49. The molecule has 74 valence electrons. The Morgan fingerprint density at radius 2 is 2.36 bits per heavy atom. The summed E-state index contributed by atoms with van der Waals surface area (Å²) in [5, 5.41) is 12.5. The lowest BCUT2D eigenvalue weighted by Crippen LogP contribution is -2.51. The molecule has 0 saturated carbocycles. The van der Waals surface area contributed by atoms with Gasteiger partial charge in [0.15, 0.2) is 0 Å². The minimum absolute atomic E-state index is 0.118. The maximum Gasteiger partial charge on any atom is 0.250 e. The van der Waals surface area contributed by atoms with E-state index in [1.54, 1.807) is 13.2 Å². The first-order valence-corrected chi connectivity index (χ1v) is 4.10. The third-order valence-corrected chi connectivity index (χ3v) is 1.91. The second kappa shape index (κ2) is 3.18. The highest BCUT2D eigenvalue weighted by Gasteiger charge is 2.29. The number of hydrogen-bond donors (Lipinski definition) is 2. The van der Waals surface area contributed by atoms with Crippen molar-refractivity contribution in [3.8, 4) is 0 Å². The monoisotopic (exact) mass is 195 g/mol. The van der Waals surface area contributed by atoms with E-state index in [2.05, 4.69) is 20.9 Å². The fourth-order valence-corrected chi connectivity index (χ4v) is 1.28. The Bertz CT molecular complexity index is 385. The summed E-state index contributed by atoms with van der Waals surface area (Å²) in [5.74, 6) is -0.711. The zero-order valence-corrected chi connectivity index (χ0v) is 7.52. The molecule has 0 radical (unpaired) electrons. The molecule has 1 fully saturated rings. The van der Waals surface area contributed by atoms with E-state index in [0.717, 1.165) is 0 Å². The van der Waals surface area contributed by atoms with Crippen LogP contribution in [0.2, 0.25) is 0 Å². The molecule has 1 aliphatic heterocycles. The van der Waals surface area contributed by atoms with Crippen molar-refractivity contribution in [3.05, 3.63) is 11.9 Å². The van der Waals surface area contributed by atoms with Crippen LogP contribution in [-0.4, -0.2) is 33.4 Å².